The second kappa shape index (κ2) is 9.02. The van der Waals surface area contributed by atoms with Crippen LogP contribution in [0.5, 0.6) is 0 Å². The van der Waals surface area contributed by atoms with E-state index in [-0.39, 0.29) is 36.1 Å². The molecule has 0 unspecified atom stereocenters. The van der Waals surface area contributed by atoms with E-state index in [4.69, 9.17) is 20.9 Å². The lowest BCUT2D eigenvalue weighted by atomic mass is 10.0. The summed E-state index contributed by atoms with van der Waals surface area (Å²) in [5.41, 5.74) is 1.82. The Balaban J connectivity index is 1.63. The minimum atomic E-state index is -0.630. The number of benzene rings is 3. The van der Waals surface area contributed by atoms with E-state index < -0.39 is 5.97 Å². The van der Waals surface area contributed by atoms with Gasteiger partial charge in [-0.1, -0.05) is 71.4 Å². The fourth-order valence-corrected chi connectivity index (χ4v) is 3.49. The van der Waals surface area contributed by atoms with Gasteiger partial charge in [0.15, 0.2) is 5.56 Å². The summed E-state index contributed by atoms with van der Waals surface area (Å²) in [5.74, 6) is -1.01. The molecule has 156 valence electrons. The summed E-state index contributed by atoms with van der Waals surface area (Å²) in [6, 6.07) is 20.4. The summed E-state index contributed by atoms with van der Waals surface area (Å²) in [4.78, 5) is 25.4. The Morgan fingerprint density at radius 1 is 1.03 bits per heavy atom. The van der Waals surface area contributed by atoms with Gasteiger partial charge in [0.2, 0.25) is 11.8 Å². The van der Waals surface area contributed by atoms with Crippen LogP contribution >= 0.6 is 11.6 Å². The van der Waals surface area contributed by atoms with Crippen molar-refractivity contribution < 1.29 is 18.8 Å². The number of esters is 1. The number of nitrogens with one attached hydrogen (secondary N) is 1. The van der Waals surface area contributed by atoms with Crippen LogP contribution in [0.25, 0.3) is 22.0 Å². The Labute approximate surface area is 183 Å². The predicted molar refractivity (Wildman–Crippen MR) is 119 cm³/mol. The smallest absolute Gasteiger partial charge is 0.346 e. The van der Waals surface area contributed by atoms with Crippen molar-refractivity contribution in [2.24, 2.45) is 0 Å². The van der Waals surface area contributed by atoms with Crippen LogP contribution in [0.3, 0.4) is 0 Å². The molecule has 0 radical (unpaired) electrons. The molecule has 0 aliphatic rings. The number of ether oxygens (including phenoxy) is 1. The molecule has 0 spiro atoms. The molecular formula is C24H19ClN2O4. The highest BCUT2D eigenvalue weighted by Crippen LogP contribution is 2.31. The first-order valence-electron chi connectivity index (χ1n) is 9.76. The van der Waals surface area contributed by atoms with Gasteiger partial charge in [0, 0.05) is 10.6 Å². The van der Waals surface area contributed by atoms with Crippen LogP contribution in [0.1, 0.15) is 22.8 Å². The van der Waals surface area contributed by atoms with Gasteiger partial charge in [-0.3, -0.25) is 10.1 Å². The maximum atomic E-state index is 12.8. The van der Waals surface area contributed by atoms with E-state index in [0.29, 0.717) is 10.6 Å². The molecule has 0 saturated heterocycles. The highest BCUT2D eigenvalue weighted by atomic mass is 35.5. The van der Waals surface area contributed by atoms with Crippen LogP contribution in [-0.4, -0.2) is 23.6 Å². The third-order valence-corrected chi connectivity index (χ3v) is 5.03. The monoisotopic (exact) mass is 434 g/mol. The van der Waals surface area contributed by atoms with E-state index in [1.54, 1.807) is 31.2 Å². The number of halogens is 1. The molecule has 3 aromatic carbocycles. The first-order valence-corrected chi connectivity index (χ1v) is 10.1. The molecule has 0 bridgehead atoms. The summed E-state index contributed by atoms with van der Waals surface area (Å²) in [6.07, 6.45) is 0.112. The second-order valence-corrected chi connectivity index (χ2v) is 7.26. The van der Waals surface area contributed by atoms with Gasteiger partial charge in [0.1, 0.15) is 5.69 Å². The zero-order valence-electron chi connectivity index (χ0n) is 16.7. The summed E-state index contributed by atoms with van der Waals surface area (Å²) >= 11 is 5.95. The third kappa shape index (κ3) is 4.44. The molecule has 0 aliphatic heterocycles. The van der Waals surface area contributed by atoms with E-state index in [9.17, 15) is 9.59 Å². The first-order chi connectivity index (χ1) is 15.1. The number of fused-ring (bicyclic) bond motifs is 1. The van der Waals surface area contributed by atoms with E-state index in [2.05, 4.69) is 10.5 Å². The van der Waals surface area contributed by atoms with Crippen LogP contribution < -0.4 is 5.32 Å². The number of carbonyl (C=O) groups excluding carboxylic acids is 2. The van der Waals surface area contributed by atoms with E-state index in [1.807, 2.05) is 42.5 Å². The lowest BCUT2D eigenvalue weighted by Crippen LogP contribution is -2.17. The average molecular weight is 435 g/mol. The third-order valence-electron chi connectivity index (χ3n) is 4.77. The highest BCUT2D eigenvalue weighted by molar-refractivity contribution is 6.30. The second-order valence-electron chi connectivity index (χ2n) is 6.83. The van der Waals surface area contributed by atoms with Crippen molar-refractivity contribution in [1.29, 1.82) is 0 Å². The maximum Gasteiger partial charge on any atom is 0.346 e. The number of aromatic nitrogens is 1. The molecule has 6 nitrogen and oxygen atoms in total. The van der Waals surface area contributed by atoms with Crippen molar-refractivity contribution >= 4 is 40.1 Å². The fourth-order valence-electron chi connectivity index (χ4n) is 3.36. The summed E-state index contributed by atoms with van der Waals surface area (Å²) in [6.45, 7) is 1.87. The van der Waals surface area contributed by atoms with Crippen molar-refractivity contribution in [3.05, 3.63) is 82.9 Å². The highest BCUT2D eigenvalue weighted by Gasteiger charge is 2.26. The normalized spacial score (nSPS) is 10.8. The molecule has 0 aliphatic carbocycles. The van der Waals surface area contributed by atoms with E-state index in [0.717, 1.165) is 16.3 Å². The van der Waals surface area contributed by atoms with Crippen molar-refractivity contribution in [2.75, 3.05) is 11.9 Å². The molecule has 7 heteroatoms. The molecule has 4 rings (SSSR count). The summed E-state index contributed by atoms with van der Waals surface area (Å²) in [5, 5.41) is 9.25. The molecule has 1 amide bonds. The fraction of sp³-hybridized carbons (Fsp3) is 0.125. The number of amides is 1. The standard InChI is InChI=1S/C24H19ClN2O4/c1-2-30-24(29)21-22(16-10-12-18(25)13-11-16)27-31-23(21)26-20(28)14-17-8-5-7-15-6-3-4-9-19(15)17/h3-13H,2,14H2,1H3,(H,26,28). The summed E-state index contributed by atoms with van der Waals surface area (Å²) in [7, 11) is 0. The molecule has 31 heavy (non-hydrogen) atoms. The molecule has 4 aromatic rings. The maximum absolute atomic E-state index is 12.8. The van der Waals surface area contributed by atoms with Crippen LogP contribution in [0.4, 0.5) is 5.88 Å². The minimum absolute atomic E-state index is 0.0476. The molecule has 0 atom stereocenters. The van der Waals surface area contributed by atoms with Gasteiger partial charge in [-0.25, -0.2) is 4.79 Å². The quantitative estimate of drug-likeness (QED) is 0.405. The predicted octanol–water partition coefficient (Wildman–Crippen LogP) is 5.51. The minimum Gasteiger partial charge on any atom is -0.462 e. The molecule has 0 saturated carbocycles. The van der Waals surface area contributed by atoms with Crippen LogP contribution in [0, 0.1) is 0 Å². The lowest BCUT2D eigenvalue weighted by Gasteiger charge is -2.08. The van der Waals surface area contributed by atoms with Crippen molar-refractivity contribution in [3.8, 4) is 11.3 Å². The van der Waals surface area contributed by atoms with Crippen molar-refractivity contribution in [2.45, 2.75) is 13.3 Å². The Morgan fingerprint density at radius 3 is 2.55 bits per heavy atom. The molecule has 1 heterocycles. The number of hydrogen-bond donors (Lipinski definition) is 1. The van der Waals surface area contributed by atoms with Gasteiger partial charge in [0.25, 0.3) is 0 Å². The van der Waals surface area contributed by atoms with Gasteiger partial charge < -0.3 is 9.26 Å². The van der Waals surface area contributed by atoms with Gasteiger partial charge in [0.05, 0.1) is 13.0 Å². The first kappa shape index (κ1) is 20.6. The molecule has 0 fully saturated rings. The number of hydrogen-bond acceptors (Lipinski definition) is 5. The largest absolute Gasteiger partial charge is 0.462 e. The zero-order chi connectivity index (χ0) is 21.8. The topological polar surface area (TPSA) is 81.4 Å². The van der Waals surface area contributed by atoms with Gasteiger partial charge in [-0.05, 0) is 35.4 Å². The van der Waals surface area contributed by atoms with Crippen molar-refractivity contribution in [3.63, 3.8) is 0 Å². The van der Waals surface area contributed by atoms with E-state index in [1.165, 1.54) is 0 Å². The van der Waals surface area contributed by atoms with E-state index >= 15 is 0 Å². The zero-order valence-corrected chi connectivity index (χ0v) is 17.5. The number of rotatable bonds is 6. The van der Waals surface area contributed by atoms with Crippen LogP contribution in [0.2, 0.25) is 5.02 Å². The summed E-state index contributed by atoms with van der Waals surface area (Å²) < 4.78 is 10.5. The number of carbonyl (C=O) groups is 2. The van der Waals surface area contributed by atoms with Gasteiger partial charge in [-0.15, -0.1) is 0 Å². The van der Waals surface area contributed by atoms with Crippen molar-refractivity contribution in [1.82, 2.24) is 5.16 Å². The SMILES string of the molecule is CCOC(=O)c1c(-c2ccc(Cl)cc2)noc1NC(=O)Cc1cccc2ccccc12. The average Bonchev–Trinajstić information content (AvgIpc) is 3.18. The molecule has 1 N–H and O–H groups in total. The van der Waals surface area contributed by atoms with Gasteiger partial charge in [-0.2, -0.15) is 0 Å². The van der Waals surface area contributed by atoms with Crippen LogP contribution in [-0.2, 0) is 16.0 Å². The number of nitrogens with zero attached hydrogens (tertiary/aromatic N) is 1. The lowest BCUT2D eigenvalue weighted by molar-refractivity contribution is -0.115. The van der Waals surface area contributed by atoms with Gasteiger partial charge >= 0.3 is 5.97 Å². The molecular weight excluding hydrogens is 416 g/mol. The number of anilines is 1. The Morgan fingerprint density at radius 2 is 1.77 bits per heavy atom. The molecule has 1 aromatic heterocycles. The Kier molecular flexibility index (Phi) is 6.00. The Bertz CT molecular complexity index is 1240. The van der Waals surface area contributed by atoms with Crippen LogP contribution in [0.15, 0.2) is 71.3 Å². The Hall–Kier alpha value is -3.64.